The van der Waals surface area contributed by atoms with Gasteiger partial charge in [-0.05, 0) is 25.2 Å². The maximum Gasteiger partial charge on any atom is 0.306 e. The summed E-state index contributed by atoms with van der Waals surface area (Å²) in [6.45, 7) is 9.04. The Hall–Kier alpha value is -1.59. The fourth-order valence-corrected chi connectivity index (χ4v) is 8.57. The summed E-state index contributed by atoms with van der Waals surface area (Å²) in [6, 6.07) is 0. The maximum absolute atomic E-state index is 12.8. The lowest BCUT2D eigenvalue weighted by Crippen LogP contribution is -2.30. The van der Waals surface area contributed by atoms with Crippen LogP contribution in [0.5, 0.6) is 0 Å². The van der Waals surface area contributed by atoms with Gasteiger partial charge in [0.25, 0.3) is 0 Å². The fraction of sp³-hybridized carbons (Fsp3) is 0.946. The first-order valence-corrected chi connectivity index (χ1v) is 27.9. The minimum Gasteiger partial charge on any atom is -0.462 e. The highest BCUT2D eigenvalue weighted by atomic mass is 16.6. The van der Waals surface area contributed by atoms with Gasteiger partial charge in [-0.3, -0.25) is 14.4 Å². The molecule has 62 heavy (non-hydrogen) atoms. The van der Waals surface area contributed by atoms with E-state index in [0.717, 1.165) is 63.7 Å². The largest absolute Gasteiger partial charge is 0.462 e. The first-order chi connectivity index (χ1) is 30.4. The van der Waals surface area contributed by atoms with E-state index >= 15 is 0 Å². The molecule has 0 amide bonds. The molecule has 0 radical (unpaired) electrons. The summed E-state index contributed by atoms with van der Waals surface area (Å²) in [7, 11) is 0. The van der Waals surface area contributed by atoms with E-state index in [1.54, 1.807) is 0 Å². The molecule has 6 nitrogen and oxygen atoms in total. The molecule has 0 spiro atoms. The molecular formula is C56H108O6. The van der Waals surface area contributed by atoms with Gasteiger partial charge in [0.1, 0.15) is 13.2 Å². The summed E-state index contributed by atoms with van der Waals surface area (Å²) in [6.07, 6.45) is 53.8. The van der Waals surface area contributed by atoms with Gasteiger partial charge in [0.05, 0.1) is 0 Å². The zero-order valence-corrected chi connectivity index (χ0v) is 42.3. The Bertz CT molecular complexity index is 933. The van der Waals surface area contributed by atoms with Crippen molar-refractivity contribution in [2.24, 2.45) is 5.92 Å². The van der Waals surface area contributed by atoms with Gasteiger partial charge in [-0.2, -0.15) is 0 Å². The Morgan fingerprint density at radius 3 is 0.790 bits per heavy atom. The SMILES string of the molecule is CCCCCCCCCCCCCCCCCCCCC(=O)OC[C@@H](COC(=O)CCCCCCCCCCCCC)OC(=O)CCCCCCCCCCCCCCC(C)C. The van der Waals surface area contributed by atoms with E-state index in [1.807, 2.05) is 0 Å². The number of ether oxygens (including phenoxy) is 3. The molecule has 0 saturated heterocycles. The zero-order valence-electron chi connectivity index (χ0n) is 42.3. The quantitative estimate of drug-likeness (QED) is 0.0344. The second kappa shape index (κ2) is 50.4. The zero-order chi connectivity index (χ0) is 45.2. The predicted molar refractivity (Wildman–Crippen MR) is 266 cm³/mol. The van der Waals surface area contributed by atoms with Crippen molar-refractivity contribution in [2.45, 2.75) is 323 Å². The van der Waals surface area contributed by atoms with Crippen LogP contribution in [0.4, 0.5) is 0 Å². The molecule has 6 heteroatoms. The van der Waals surface area contributed by atoms with Crippen LogP contribution < -0.4 is 0 Å². The number of carbonyl (C=O) groups is 3. The standard InChI is InChI=1S/C56H108O6/c1-5-7-9-11-13-15-17-18-19-20-21-22-23-28-32-36-40-44-48-55(58)61-51-53(50-60-54(57)47-43-39-35-31-26-16-14-12-10-8-6-2)62-56(59)49-45-41-37-33-29-25-24-27-30-34-38-42-46-52(3)4/h52-53H,5-51H2,1-4H3/t53-/m1/s1. The number of unbranched alkanes of at least 4 members (excludes halogenated alkanes) is 38. The monoisotopic (exact) mass is 877 g/mol. The van der Waals surface area contributed by atoms with E-state index in [2.05, 4.69) is 27.7 Å². The topological polar surface area (TPSA) is 78.9 Å². The summed E-state index contributed by atoms with van der Waals surface area (Å²) in [5, 5.41) is 0. The van der Waals surface area contributed by atoms with Crippen molar-refractivity contribution in [1.29, 1.82) is 0 Å². The Kier molecular flexibility index (Phi) is 49.1. The van der Waals surface area contributed by atoms with E-state index in [1.165, 1.54) is 212 Å². The maximum atomic E-state index is 12.8. The van der Waals surface area contributed by atoms with Crippen LogP contribution in [-0.2, 0) is 28.6 Å². The van der Waals surface area contributed by atoms with Crippen LogP contribution in [0.3, 0.4) is 0 Å². The van der Waals surface area contributed by atoms with Crippen LogP contribution in [0.2, 0.25) is 0 Å². The molecule has 0 aliphatic carbocycles. The molecule has 0 N–H and O–H groups in total. The van der Waals surface area contributed by atoms with Gasteiger partial charge in [-0.25, -0.2) is 0 Å². The Morgan fingerprint density at radius 2 is 0.532 bits per heavy atom. The molecule has 368 valence electrons. The van der Waals surface area contributed by atoms with Crippen molar-refractivity contribution < 1.29 is 28.6 Å². The summed E-state index contributed by atoms with van der Waals surface area (Å²) in [5.41, 5.74) is 0. The highest BCUT2D eigenvalue weighted by Crippen LogP contribution is 2.18. The van der Waals surface area contributed by atoms with Crippen LogP contribution in [-0.4, -0.2) is 37.2 Å². The summed E-state index contributed by atoms with van der Waals surface area (Å²) in [4.78, 5) is 38.0. The van der Waals surface area contributed by atoms with Crippen molar-refractivity contribution in [2.75, 3.05) is 13.2 Å². The molecule has 0 aromatic heterocycles. The van der Waals surface area contributed by atoms with Crippen molar-refractivity contribution in [3.05, 3.63) is 0 Å². The van der Waals surface area contributed by atoms with E-state index < -0.39 is 6.10 Å². The average molecular weight is 877 g/mol. The molecule has 0 aromatic rings. The lowest BCUT2D eigenvalue weighted by molar-refractivity contribution is -0.167. The van der Waals surface area contributed by atoms with Gasteiger partial charge >= 0.3 is 17.9 Å². The number of hydrogen-bond acceptors (Lipinski definition) is 6. The average Bonchev–Trinajstić information content (AvgIpc) is 3.26. The van der Waals surface area contributed by atoms with Gasteiger partial charge < -0.3 is 14.2 Å². The van der Waals surface area contributed by atoms with Gasteiger partial charge in [0.2, 0.25) is 0 Å². The first-order valence-electron chi connectivity index (χ1n) is 27.9. The van der Waals surface area contributed by atoms with Crippen LogP contribution in [0.25, 0.3) is 0 Å². The summed E-state index contributed by atoms with van der Waals surface area (Å²) < 4.78 is 16.8. The van der Waals surface area contributed by atoms with Crippen LogP contribution in [0, 0.1) is 5.92 Å². The molecule has 0 bridgehead atoms. The molecular weight excluding hydrogens is 769 g/mol. The highest BCUT2D eigenvalue weighted by molar-refractivity contribution is 5.71. The first kappa shape index (κ1) is 60.4. The number of carbonyl (C=O) groups excluding carboxylic acids is 3. The van der Waals surface area contributed by atoms with Crippen molar-refractivity contribution in [3.63, 3.8) is 0 Å². The van der Waals surface area contributed by atoms with Gasteiger partial charge in [0.15, 0.2) is 6.10 Å². The molecule has 0 saturated carbocycles. The molecule has 0 unspecified atom stereocenters. The second-order valence-electron chi connectivity index (χ2n) is 19.7. The van der Waals surface area contributed by atoms with E-state index in [9.17, 15) is 14.4 Å². The van der Waals surface area contributed by atoms with E-state index in [0.29, 0.717) is 19.3 Å². The van der Waals surface area contributed by atoms with E-state index in [-0.39, 0.29) is 31.1 Å². The van der Waals surface area contributed by atoms with Crippen LogP contribution in [0.15, 0.2) is 0 Å². The smallest absolute Gasteiger partial charge is 0.306 e. The summed E-state index contributed by atoms with van der Waals surface area (Å²) in [5.74, 6) is -0.00759. The molecule has 0 rings (SSSR count). The molecule has 0 heterocycles. The molecule has 0 aliphatic rings. The van der Waals surface area contributed by atoms with Gasteiger partial charge in [-0.15, -0.1) is 0 Å². The van der Waals surface area contributed by atoms with Crippen LogP contribution >= 0.6 is 0 Å². The second-order valence-corrected chi connectivity index (χ2v) is 19.7. The Morgan fingerprint density at radius 1 is 0.306 bits per heavy atom. The third kappa shape index (κ3) is 49.4. The normalized spacial score (nSPS) is 12.0. The number of rotatable bonds is 51. The minimum atomic E-state index is -0.761. The highest BCUT2D eigenvalue weighted by Gasteiger charge is 2.19. The third-order valence-electron chi connectivity index (χ3n) is 12.8. The Labute approximate surface area is 387 Å². The van der Waals surface area contributed by atoms with E-state index in [4.69, 9.17) is 14.2 Å². The van der Waals surface area contributed by atoms with Gasteiger partial charge in [0, 0.05) is 19.3 Å². The summed E-state index contributed by atoms with van der Waals surface area (Å²) >= 11 is 0. The number of esters is 3. The minimum absolute atomic E-state index is 0.0622. The van der Waals surface area contributed by atoms with Crippen molar-refractivity contribution >= 4 is 17.9 Å². The fourth-order valence-electron chi connectivity index (χ4n) is 8.57. The molecule has 0 fully saturated rings. The van der Waals surface area contributed by atoms with Crippen LogP contribution in [0.1, 0.15) is 317 Å². The molecule has 0 aliphatic heterocycles. The lowest BCUT2D eigenvalue weighted by Gasteiger charge is -2.18. The third-order valence-corrected chi connectivity index (χ3v) is 12.8. The predicted octanol–water partition coefficient (Wildman–Crippen LogP) is 18.2. The number of hydrogen-bond donors (Lipinski definition) is 0. The van der Waals surface area contributed by atoms with Crippen molar-refractivity contribution in [1.82, 2.24) is 0 Å². The lowest BCUT2D eigenvalue weighted by atomic mass is 10.0. The molecule has 1 atom stereocenters. The van der Waals surface area contributed by atoms with Gasteiger partial charge in [-0.1, -0.05) is 278 Å². The van der Waals surface area contributed by atoms with Crippen molar-refractivity contribution in [3.8, 4) is 0 Å². The Balaban J connectivity index is 4.26. The molecule has 0 aromatic carbocycles.